The van der Waals surface area contributed by atoms with E-state index in [2.05, 4.69) is 0 Å². The first-order valence-electron chi connectivity index (χ1n) is 5.44. The van der Waals surface area contributed by atoms with Gasteiger partial charge in [0.25, 0.3) is 0 Å². The Bertz CT molecular complexity index is 372. The Labute approximate surface area is 99.2 Å². The smallest absolute Gasteiger partial charge is 0.164 e. The van der Waals surface area contributed by atoms with E-state index >= 15 is 0 Å². The van der Waals surface area contributed by atoms with E-state index in [1.165, 1.54) is 12.1 Å². The van der Waals surface area contributed by atoms with Crippen LogP contribution in [0.1, 0.15) is 25.5 Å². The van der Waals surface area contributed by atoms with Gasteiger partial charge in [-0.3, -0.25) is 0 Å². The van der Waals surface area contributed by atoms with Crippen molar-refractivity contribution < 1.29 is 18.6 Å². The molecule has 0 saturated heterocycles. The van der Waals surface area contributed by atoms with E-state index in [-0.39, 0.29) is 12.1 Å². The Kier molecular flexibility index (Phi) is 4.99. The summed E-state index contributed by atoms with van der Waals surface area (Å²) in [6, 6.07) is 3.85. The molecule has 0 heterocycles. The molecule has 0 fully saturated rings. The first-order valence-corrected chi connectivity index (χ1v) is 5.44. The molecular formula is C12H17F2NO2. The Morgan fingerprint density at radius 3 is 2.53 bits per heavy atom. The van der Waals surface area contributed by atoms with Gasteiger partial charge < -0.3 is 15.6 Å². The van der Waals surface area contributed by atoms with Crippen molar-refractivity contribution in [2.24, 2.45) is 5.73 Å². The second-order valence-electron chi connectivity index (χ2n) is 3.95. The molecule has 1 rings (SSSR count). The summed E-state index contributed by atoms with van der Waals surface area (Å²) in [6.07, 6.45) is -1.98. The van der Waals surface area contributed by atoms with E-state index in [9.17, 15) is 13.9 Å². The summed E-state index contributed by atoms with van der Waals surface area (Å²) < 4.78 is 32.0. The molecule has 1 aromatic rings. The molecule has 0 radical (unpaired) electrons. The van der Waals surface area contributed by atoms with Crippen molar-refractivity contribution in [3.8, 4) is 0 Å². The average molecular weight is 245 g/mol. The van der Waals surface area contributed by atoms with Gasteiger partial charge in [-0.25, -0.2) is 8.78 Å². The van der Waals surface area contributed by atoms with Gasteiger partial charge in [-0.05, 0) is 19.9 Å². The molecule has 0 saturated carbocycles. The molecule has 5 heteroatoms. The lowest BCUT2D eigenvalue weighted by atomic mass is 10.1. The second-order valence-corrected chi connectivity index (χ2v) is 3.95. The van der Waals surface area contributed by atoms with Crippen LogP contribution in [-0.4, -0.2) is 23.9 Å². The molecule has 0 aromatic heterocycles. The van der Waals surface area contributed by atoms with Crippen LogP contribution in [0.5, 0.6) is 0 Å². The van der Waals surface area contributed by atoms with Crippen LogP contribution < -0.4 is 5.73 Å². The van der Waals surface area contributed by atoms with Gasteiger partial charge in [-0.15, -0.1) is 0 Å². The van der Waals surface area contributed by atoms with Crippen LogP contribution in [0.2, 0.25) is 0 Å². The highest BCUT2D eigenvalue weighted by molar-refractivity contribution is 5.21. The van der Waals surface area contributed by atoms with Gasteiger partial charge in [-0.1, -0.05) is 12.1 Å². The lowest BCUT2D eigenvalue weighted by molar-refractivity contribution is -0.0603. The molecule has 0 aliphatic carbocycles. The van der Waals surface area contributed by atoms with E-state index in [1.54, 1.807) is 13.8 Å². The van der Waals surface area contributed by atoms with Gasteiger partial charge in [-0.2, -0.15) is 0 Å². The van der Waals surface area contributed by atoms with Crippen LogP contribution in [0.25, 0.3) is 0 Å². The van der Waals surface area contributed by atoms with Crippen LogP contribution in [0, 0.1) is 11.6 Å². The number of rotatable bonds is 5. The third-order valence-corrected chi connectivity index (χ3v) is 2.60. The molecule has 3 unspecified atom stereocenters. The van der Waals surface area contributed by atoms with Crippen LogP contribution in [0.3, 0.4) is 0 Å². The fourth-order valence-electron chi connectivity index (χ4n) is 1.40. The lowest BCUT2D eigenvalue weighted by Gasteiger charge is -2.23. The fourth-order valence-corrected chi connectivity index (χ4v) is 1.40. The normalized spacial score (nSPS) is 16.6. The predicted octanol–water partition coefficient (Wildman–Crippen LogP) is 1.75. The van der Waals surface area contributed by atoms with Crippen molar-refractivity contribution >= 4 is 0 Å². The second kappa shape index (κ2) is 6.05. The highest BCUT2D eigenvalue weighted by Gasteiger charge is 2.21. The van der Waals surface area contributed by atoms with E-state index in [4.69, 9.17) is 10.5 Å². The van der Waals surface area contributed by atoms with Crippen molar-refractivity contribution in [3.05, 3.63) is 35.4 Å². The Hall–Kier alpha value is -1.04. The Morgan fingerprint density at radius 1 is 1.35 bits per heavy atom. The van der Waals surface area contributed by atoms with E-state index in [0.717, 1.165) is 6.07 Å². The highest BCUT2D eigenvalue weighted by atomic mass is 19.2. The van der Waals surface area contributed by atoms with Gasteiger partial charge in [0.05, 0.1) is 18.3 Å². The zero-order chi connectivity index (χ0) is 13.0. The number of aliphatic hydroxyl groups is 1. The van der Waals surface area contributed by atoms with Gasteiger partial charge >= 0.3 is 0 Å². The fraction of sp³-hybridized carbons (Fsp3) is 0.500. The maximum absolute atomic E-state index is 13.5. The quantitative estimate of drug-likeness (QED) is 0.831. The average Bonchev–Trinajstić information content (AvgIpc) is 2.29. The van der Waals surface area contributed by atoms with Gasteiger partial charge in [0.1, 0.15) is 0 Å². The maximum Gasteiger partial charge on any atom is 0.164 e. The molecule has 3 N–H and O–H groups in total. The number of benzene rings is 1. The number of ether oxygens (including phenoxy) is 1. The van der Waals surface area contributed by atoms with E-state index in [0.29, 0.717) is 0 Å². The third kappa shape index (κ3) is 3.46. The number of nitrogens with two attached hydrogens (primary N) is 1. The zero-order valence-electron chi connectivity index (χ0n) is 9.86. The summed E-state index contributed by atoms with van der Waals surface area (Å²) >= 11 is 0. The van der Waals surface area contributed by atoms with Gasteiger partial charge in [0, 0.05) is 12.1 Å². The molecule has 0 bridgehead atoms. The minimum absolute atomic E-state index is 0.0113. The summed E-state index contributed by atoms with van der Waals surface area (Å²) in [5.41, 5.74) is 5.55. The van der Waals surface area contributed by atoms with Crippen molar-refractivity contribution in [2.45, 2.75) is 32.2 Å². The van der Waals surface area contributed by atoms with Crippen LogP contribution in [0.15, 0.2) is 18.2 Å². The first-order chi connectivity index (χ1) is 7.97. The molecule has 0 aliphatic heterocycles. The Morgan fingerprint density at radius 2 is 2.00 bits per heavy atom. The molecule has 3 atom stereocenters. The van der Waals surface area contributed by atoms with Crippen molar-refractivity contribution in [1.82, 2.24) is 0 Å². The third-order valence-electron chi connectivity index (χ3n) is 2.60. The molecule has 0 amide bonds. The maximum atomic E-state index is 13.5. The van der Waals surface area contributed by atoms with Crippen molar-refractivity contribution in [2.75, 3.05) is 6.54 Å². The summed E-state index contributed by atoms with van der Waals surface area (Å²) in [5, 5.41) is 9.30. The molecular weight excluding hydrogens is 228 g/mol. The topological polar surface area (TPSA) is 55.5 Å². The summed E-state index contributed by atoms with van der Waals surface area (Å²) in [6.45, 7) is 3.21. The number of aliphatic hydroxyl groups excluding tert-OH is 1. The van der Waals surface area contributed by atoms with Crippen molar-refractivity contribution in [1.29, 1.82) is 0 Å². The monoisotopic (exact) mass is 245 g/mol. The Balaban J connectivity index is 2.90. The predicted molar refractivity (Wildman–Crippen MR) is 60.4 cm³/mol. The largest absolute Gasteiger partial charge is 0.391 e. The van der Waals surface area contributed by atoms with Crippen LogP contribution in [-0.2, 0) is 4.74 Å². The molecule has 0 spiro atoms. The first kappa shape index (κ1) is 14.0. The SMILES string of the molecule is CC(O)C(C)OC(CN)c1cccc(F)c1F. The van der Waals surface area contributed by atoms with E-state index < -0.39 is 29.9 Å². The van der Waals surface area contributed by atoms with Crippen LogP contribution in [0.4, 0.5) is 8.78 Å². The lowest BCUT2D eigenvalue weighted by Crippen LogP contribution is -2.28. The van der Waals surface area contributed by atoms with Gasteiger partial charge in [0.15, 0.2) is 11.6 Å². The molecule has 0 aliphatic rings. The zero-order valence-corrected chi connectivity index (χ0v) is 9.86. The number of hydrogen-bond acceptors (Lipinski definition) is 3. The molecule has 17 heavy (non-hydrogen) atoms. The highest BCUT2D eigenvalue weighted by Crippen LogP contribution is 2.23. The number of hydrogen-bond donors (Lipinski definition) is 2. The standard InChI is InChI=1S/C12H17F2NO2/c1-7(16)8(2)17-11(6-15)9-4-3-5-10(13)12(9)14/h3-5,7-8,11,16H,6,15H2,1-2H3. The van der Waals surface area contributed by atoms with Crippen molar-refractivity contribution in [3.63, 3.8) is 0 Å². The molecule has 96 valence electrons. The summed E-state index contributed by atoms with van der Waals surface area (Å²) in [5.74, 6) is -1.89. The minimum atomic E-state index is -0.958. The summed E-state index contributed by atoms with van der Waals surface area (Å²) in [7, 11) is 0. The van der Waals surface area contributed by atoms with Crippen LogP contribution >= 0.6 is 0 Å². The van der Waals surface area contributed by atoms with E-state index in [1.807, 2.05) is 0 Å². The summed E-state index contributed by atoms with van der Waals surface area (Å²) in [4.78, 5) is 0. The molecule has 1 aromatic carbocycles. The number of halogens is 2. The van der Waals surface area contributed by atoms with Gasteiger partial charge in [0.2, 0.25) is 0 Å². The minimum Gasteiger partial charge on any atom is -0.391 e. The molecule has 3 nitrogen and oxygen atoms in total.